The SMILES string of the molecule is CC1(C)CC2=C(C3CCCCC3N2c2ccc(C(N)=O)c(NC3CCC(O)CC3)c2)S(=O)(=O)C1. The van der Waals surface area contributed by atoms with E-state index in [0.29, 0.717) is 16.2 Å². The van der Waals surface area contributed by atoms with Crippen LogP contribution in [0.1, 0.15) is 82.0 Å². The standard InChI is InChI=1S/C26H37N3O4S/c1-26(2)14-23-24(34(32,33)15-26)20-5-3-4-6-22(20)29(23)17-9-12-19(25(27)31)21(13-17)28-16-7-10-18(30)11-8-16/h9,12-13,16,18,20,22,28,30H,3-8,10-11,14-15H2,1-2H3,(H2,27,31). The molecule has 0 spiro atoms. The summed E-state index contributed by atoms with van der Waals surface area (Å²) in [5.41, 5.74) is 8.41. The van der Waals surface area contributed by atoms with Gasteiger partial charge in [0.15, 0.2) is 9.84 Å². The van der Waals surface area contributed by atoms with Crippen molar-refractivity contribution in [2.75, 3.05) is 16.0 Å². The van der Waals surface area contributed by atoms with E-state index in [2.05, 4.69) is 10.2 Å². The fourth-order valence-electron chi connectivity index (χ4n) is 6.74. The van der Waals surface area contributed by atoms with Crippen molar-refractivity contribution in [3.05, 3.63) is 34.4 Å². The molecule has 2 unspecified atom stereocenters. The highest BCUT2D eigenvalue weighted by molar-refractivity contribution is 7.95. The number of aliphatic hydroxyl groups excluding tert-OH is 1. The van der Waals surface area contributed by atoms with Crippen molar-refractivity contribution in [3.63, 3.8) is 0 Å². The van der Waals surface area contributed by atoms with Gasteiger partial charge in [-0.05, 0) is 68.6 Å². The summed E-state index contributed by atoms with van der Waals surface area (Å²) in [5, 5.41) is 13.4. The van der Waals surface area contributed by atoms with Crippen LogP contribution in [-0.4, -0.2) is 43.4 Å². The largest absolute Gasteiger partial charge is 0.393 e. The number of benzene rings is 1. The summed E-state index contributed by atoms with van der Waals surface area (Å²) >= 11 is 0. The van der Waals surface area contributed by atoms with Crippen LogP contribution in [0.5, 0.6) is 0 Å². The Morgan fingerprint density at radius 3 is 2.53 bits per heavy atom. The minimum Gasteiger partial charge on any atom is -0.393 e. The minimum absolute atomic E-state index is 0.0527. The molecule has 2 aliphatic heterocycles. The molecule has 2 aliphatic carbocycles. The number of nitrogens with zero attached hydrogens (tertiary/aromatic N) is 1. The number of carbonyl (C=O) groups excluding carboxylic acids is 1. The van der Waals surface area contributed by atoms with Gasteiger partial charge in [0.2, 0.25) is 0 Å². The lowest BCUT2D eigenvalue weighted by Gasteiger charge is -2.37. The average molecular weight is 488 g/mol. The first-order valence-corrected chi connectivity index (χ1v) is 14.3. The molecule has 5 rings (SSSR count). The summed E-state index contributed by atoms with van der Waals surface area (Å²) in [6.45, 7) is 4.07. The maximum atomic E-state index is 13.4. The number of allylic oxidation sites excluding steroid dienone is 1. The lowest BCUT2D eigenvalue weighted by atomic mass is 9.85. The van der Waals surface area contributed by atoms with Crippen molar-refractivity contribution >= 4 is 27.1 Å². The molecule has 2 fully saturated rings. The Bertz CT molecular complexity index is 1120. The first kappa shape index (κ1) is 23.7. The Balaban J connectivity index is 1.56. The predicted molar refractivity (Wildman–Crippen MR) is 134 cm³/mol. The van der Waals surface area contributed by atoms with E-state index in [9.17, 15) is 18.3 Å². The van der Waals surface area contributed by atoms with Crippen LogP contribution in [0, 0.1) is 11.3 Å². The van der Waals surface area contributed by atoms with E-state index in [0.717, 1.165) is 69.2 Å². The lowest BCUT2D eigenvalue weighted by molar-refractivity contribution is 0.100. The summed E-state index contributed by atoms with van der Waals surface area (Å²) in [7, 11) is -3.31. The third-order valence-electron chi connectivity index (χ3n) is 8.14. The first-order valence-electron chi connectivity index (χ1n) is 12.7. The minimum atomic E-state index is -3.31. The van der Waals surface area contributed by atoms with E-state index in [1.165, 1.54) is 0 Å². The highest BCUT2D eigenvalue weighted by atomic mass is 32.2. The number of hydrogen-bond acceptors (Lipinski definition) is 6. The average Bonchev–Trinajstić information content (AvgIpc) is 3.08. The Labute approximate surface area is 202 Å². The highest BCUT2D eigenvalue weighted by Crippen LogP contribution is 2.53. The summed E-state index contributed by atoms with van der Waals surface area (Å²) in [6, 6.07) is 5.99. The molecule has 8 heteroatoms. The monoisotopic (exact) mass is 487 g/mol. The number of primary amides is 1. The quantitative estimate of drug-likeness (QED) is 0.593. The number of aliphatic hydroxyl groups is 1. The second kappa shape index (κ2) is 8.55. The van der Waals surface area contributed by atoms with Crippen molar-refractivity contribution in [3.8, 4) is 0 Å². The number of nitrogens with one attached hydrogen (secondary N) is 1. The fourth-order valence-corrected chi connectivity index (χ4v) is 9.29. The fraction of sp³-hybridized carbons (Fsp3) is 0.654. The molecule has 2 heterocycles. The van der Waals surface area contributed by atoms with Gasteiger partial charge in [-0.25, -0.2) is 8.42 Å². The van der Waals surface area contributed by atoms with E-state index < -0.39 is 15.7 Å². The topological polar surface area (TPSA) is 113 Å². The van der Waals surface area contributed by atoms with Crippen LogP contribution in [0.15, 0.2) is 28.8 Å². The Hall–Kier alpha value is -2.06. The van der Waals surface area contributed by atoms with Crippen molar-refractivity contribution in [2.24, 2.45) is 17.1 Å². The molecule has 4 aliphatic rings. The van der Waals surface area contributed by atoms with Crippen LogP contribution in [0.25, 0.3) is 0 Å². The smallest absolute Gasteiger partial charge is 0.250 e. The molecule has 1 amide bonds. The zero-order chi connectivity index (χ0) is 24.3. The van der Waals surface area contributed by atoms with Gasteiger partial charge in [-0.2, -0.15) is 0 Å². The van der Waals surface area contributed by atoms with Crippen molar-refractivity contribution in [1.29, 1.82) is 0 Å². The van der Waals surface area contributed by atoms with E-state index >= 15 is 0 Å². The Morgan fingerprint density at radius 2 is 1.82 bits per heavy atom. The van der Waals surface area contributed by atoms with Gasteiger partial charge >= 0.3 is 0 Å². The van der Waals surface area contributed by atoms with Crippen LogP contribution in [0.3, 0.4) is 0 Å². The number of amides is 1. The van der Waals surface area contributed by atoms with E-state index in [4.69, 9.17) is 5.73 Å². The number of nitrogens with two attached hydrogens (primary N) is 1. The van der Waals surface area contributed by atoms with Gasteiger partial charge in [0.05, 0.1) is 22.3 Å². The maximum absolute atomic E-state index is 13.4. The Kier molecular flexibility index (Phi) is 5.96. The van der Waals surface area contributed by atoms with Gasteiger partial charge in [0, 0.05) is 35.1 Å². The molecule has 2 atom stereocenters. The van der Waals surface area contributed by atoms with Gasteiger partial charge in [-0.1, -0.05) is 26.7 Å². The summed E-state index contributed by atoms with van der Waals surface area (Å²) in [4.78, 5) is 15.2. The number of sulfone groups is 1. The van der Waals surface area contributed by atoms with Gasteiger partial charge in [-0.15, -0.1) is 0 Å². The van der Waals surface area contributed by atoms with Gasteiger partial charge in [-0.3, -0.25) is 4.79 Å². The van der Waals surface area contributed by atoms with Crippen LogP contribution in [0.4, 0.5) is 11.4 Å². The molecule has 34 heavy (non-hydrogen) atoms. The van der Waals surface area contributed by atoms with Crippen molar-refractivity contribution in [2.45, 2.75) is 89.8 Å². The van der Waals surface area contributed by atoms with Crippen LogP contribution in [-0.2, 0) is 9.84 Å². The normalized spacial score (nSPS) is 32.1. The molecule has 1 aromatic rings. The van der Waals surface area contributed by atoms with Crippen molar-refractivity contribution < 1.29 is 18.3 Å². The second-order valence-corrected chi connectivity index (χ2v) is 13.4. The first-order chi connectivity index (χ1) is 16.1. The number of fused-ring (bicyclic) bond motifs is 2. The second-order valence-electron chi connectivity index (χ2n) is 11.5. The molecule has 1 aromatic carbocycles. The summed E-state index contributed by atoms with van der Waals surface area (Å²) < 4.78 is 26.9. The van der Waals surface area contributed by atoms with Gasteiger partial charge in [0.1, 0.15) is 0 Å². The predicted octanol–water partition coefficient (Wildman–Crippen LogP) is 3.94. The molecular formula is C26H37N3O4S. The number of hydrogen-bond donors (Lipinski definition) is 3. The number of carbonyl (C=O) groups is 1. The summed E-state index contributed by atoms with van der Waals surface area (Å²) in [5.74, 6) is -0.225. The molecule has 0 bridgehead atoms. The molecule has 186 valence electrons. The lowest BCUT2D eigenvalue weighted by Crippen LogP contribution is -2.37. The number of rotatable bonds is 4. The maximum Gasteiger partial charge on any atom is 0.250 e. The molecule has 0 saturated heterocycles. The molecule has 4 N–H and O–H groups in total. The zero-order valence-corrected chi connectivity index (χ0v) is 21.0. The van der Waals surface area contributed by atoms with Crippen LogP contribution >= 0.6 is 0 Å². The molecule has 2 saturated carbocycles. The zero-order valence-electron chi connectivity index (χ0n) is 20.2. The van der Waals surface area contributed by atoms with E-state index in [1.54, 1.807) is 6.07 Å². The third kappa shape index (κ3) is 4.24. The van der Waals surface area contributed by atoms with Crippen molar-refractivity contribution in [1.82, 2.24) is 0 Å². The highest BCUT2D eigenvalue weighted by Gasteiger charge is 2.51. The molecule has 0 aromatic heterocycles. The third-order valence-corrected chi connectivity index (χ3v) is 10.5. The summed E-state index contributed by atoms with van der Waals surface area (Å²) in [6.07, 6.45) is 7.65. The van der Waals surface area contributed by atoms with Gasteiger partial charge < -0.3 is 21.1 Å². The van der Waals surface area contributed by atoms with Crippen LogP contribution in [0.2, 0.25) is 0 Å². The van der Waals surface area contributed by atoms with E-state index in [-0.39, 0.29) is 35.3 Å². The van der Waals surface area contributed by atoms with Crippen LogP contribution < -0.4 is 16.0 Å². The van der Waals surface area contributed by atoms with Gasteiger partial charge in [0.25, 0.3) is 5.91 Å². The Morgan fingerprint density at radius 1 is 1.12 bits per heavy atom. The molecular weight excluding hydrogens is 450 g/mol. The molecule has 0 radical (unpaired) electrons. The number of anilines is 2. The molecule has 7 nitrogen and oxygen atoms in total. The van der Waals surface area contributed by atoms with E-state index in [1.807, 2.05) is 26.0 Å².